The Hall–Kier alpha value is -1.62. The molecule has 1 aromatic rings. The van der Waals surface area contributed by atoms with Gasteiger partial charge in [0.2, 0.25) is 5.91 Å². The van der Waals surface area contributed by atoms with Crippen LogP contribution in [0.25, 0.3) is 0 Å². The van der Waals surface area contributed by atoms with Crippen LogP contribution in [0.15, 0.2) is 18.2 Å². The lowest BCUT2D eigenvalue weighted by molar-refractivity contribution is -0.123. The fourth-order valence-electron chi connectivity index (χ4n) is 1.82. The lowest BCUT2D eigenvalue weighted by Gasteiger charge is -2.21. The first-order chi connectivity index (χ1) is 8.16. The molecule has 1 aromatic carbocycles. The summed E-state index contributed by atoms with van der Waals surface area (Å²) >= 11 is 0. The van der Waals surface area contributed by atoms with Crippen molar-refractivity contribution in [1.82, 2.24) is 0 Å². The molecule has 0 radical (unpaired) electrons. The summed E-state index contributed by atoms with van der Waals surface area (Å²) in [4.78, 5) is 11.9. The Morgan fingerprint density at radius 3 is 3.06 bits per heavy atom. The number of amides is 1. The molecule has 3 N–H and O–H groups in total. The second-order valence-corrected chi connectivity index (χ2v) is 4.13. The van der Waals surface area contributed by atoms with Crippen molar-refractivity contribution in [3.63, 3.8) is 0 Å². The number of benzene rings is 1. The van der Waals surface area contributed by atoms with Crippen LogP contribution >= 0.6 is 0 Å². The third-order valence-electron chi connectivity index (χ3n) is 2.80. The van der Waals surface area contributed by atoms with Crippen LogP contribution in [-0.4, -0.2) is 19.1 Å². The van der Waals surface area contributed by atoms with Crippen molar-refractivity contribution in [2.24, 2.45) is 5.92 Å². The Bertz CT molecular complexity index is 417. The van der Waals surface area contributed by atoms with E-state index in [1.165, 1.54) is 18.2 Å². The molecule has 1 amide bonds. The third-order valence-corrected chi connectivity index (χ3v) is 2.80. The third kappa shape index (κ3) is 2.94. The van der Waals surface area contributed by atoms with Crippen molar-refractivity contribution in [2.75, 3.05) is 24.3 Å². The first-order valence-corrected chi connectivity index (χ1v) is 5.60. The van der Waals surface area contributed by atoms with E-state index in [0.29, 0.717) is 24.6 Å². The van der Waals surface area contributed by atoms with Crippen LogP contribution in [0.2, 0.25) is 0 Å². The molecule has 4 nitrogen and oxygen atoms in total. The van der Waals surface area contributed by atoms with Crippen molar-refractivity contribution >= 4 is 17.3 Å². The van der Waals surface area contributed by atoms with E-state index < -0.39 is 5.82 Å². The largest absolute Gasteiger partial charge is 0.397 e. The smallest absolute Gasteiger partial charge is 0.229 e. The number of hydrogen-bond acceptors (Lipinski definition) is 3. The highest BCUT2D eigenvalue weighted by molar-refractivity contribution is 5.95. The van der Waals surface area contributed by atoms with Gasteiger partial charge in [0.05, 0.1) is 23.9 Å². The number of halogens is 1. The number of carbonyl (C=O) groups is 1. The van der Waals surface area contributed by atoms with Gasteiger partial charge in [-0.2, -0.15) is 0 Å². The Labute approximate surface area is 98.9 Å². The van der Waals surface area contributed by atoms with E-state index in [1.54, 1.807) is 0 Å². The minimum Gasteiger partial charge on any atom is -0.397 e. The van der Waals surface area contributed by atoms with Gasteiger partial charge in [0.1, 0.15) is 5.82 Å². The summed E-state index contributed by atoms with van der Waals surface area (Å²) in [6.07, 6.45) is 1.66. The summed E-state index contributed by atoms with van der Waals surface area (Å²) in [5, 5.41) is 2.64. The molecular formula is C12H15FN2O2. The zero-order chi connectivity index (χ0) is 12.3. The van der Waals surface area contributed by atoms with Crippen LogP contribution in [0, 0.1) is 11.7 Å². The van der Waals surface area contributed by atoms with E-state index >= 15 is 0 Å². The molecule has 0 aliphatic carbocycles. The number of nitrogens with two attached hydrogens (primary N) is 1. The maximum Gasteiger partial charge on any atom is 0.229 e. The van der Waals surface area contributed by atoms with Gasteiger partial charge in [0.15, 0.2) is 0 Å². The summed E-state index contributed by atoms with van der Waals surface area (Å²) in [5.74, 6) is -0.761. The molecule has 17 heavy (non-hydrogen) atoms. The number of hydrogen-bond donors (Lipinski definition) is 2. The maximum absolute atomic E-state index is 13.0. The summed E-state index contributed by atoms with van der Waals surface area (Å²) in [6, 6.07) is 3.91. The van der Waals surface area contributed by atoms with Gasteiger partial charge < -0.3 is 15.8 Å². The second kappa shape index (κ2) is 5.14. The molecule has 0 aromatic heterocycles. The van der Waals surface area contributed by atoms with Gasteiger partial charge in [-0.05, 0) is 31.0 Å². The molecule has 92 valence electrons. The molecule has 1 fully saturated rings. The SMILES string of the molecule is Nc1ccc(F)cc1NC(=O)C1CCCOC1. The molecule has 1 aliphatic heterocycles. The van der Waals surface area contributed by atoms with Crippen molar-refractivity contribution < 1.29 is 13.9 Å². The minimum atomic E-state index is -0.422. The minimum absolute atomic E-state index is 0.165. The predicted molar refractivity (Wildman–Crippen MR) is 63.0 cm³/mol. The first-order valence-electron chi connectivity index (χ1n) is 5.60. The van der Waals surface area contributed by atoms with Crippen LogP contribution in [0.3, 0.4) is 0 Å². The van der Waals surface area contributed by atoms with Gasteiger partial charge in [-0.25, -0.2) is 4.39 Å². The lowest BCUT2D eigenvalue weighted by atomic mass is 10.0. The average Bonchev–Trinajstić information content (AvgIpc) is 2.35. The van der Waals surface area contributed by atoms with E-state index in [2.05, 4.69) is 5.32 Å². The molecule has 0 spiro atoms. The number of ether oxygens (including phenoxy) is 1. The highest BCUT2D eigenvalue weighted by Crippen LogP contribution is 2.22. The van der Waals surface area contributed by atoms with Gasteiger partial charge in [-0.1, -0.05) is 0 Å². The summed E-state index contributed by atoms with van der Waals surface area (Å²) in [6.45, 7) is 1.12. The Kier molecular flexibility index (Phi) is 3.58. The number of nitrogens with one attached hydrogen (secondary N) is 1. The normalized spacial score (nSPS) is 19.9. The zero-order valence-electron chi connectivity index (χ0n) is 9.41. The van der Waals surface area contributed by atoms with Crippen molar-refractivity contribution in [2.45, 2.75) is 12.8 Å². The van der Waals surface area contributed by atoms with Gasteiger partial charge in [-0.15, -0.1) is 0 Å². The van der Waals surface area contributed by atoms with Crippen LogP contribution in [-0.2, 0) is 9.53 Å². The fraction of sp³-hybridized carbons (Fsp3) is 0.417. The maximum atomic E-state index is 13.0. The first kappa shape index (κ1) is 11.9. The van der Waals surface area contributed by atoms with Gasteiger partial charge in [-0.3, -0.25) is 4.79 Å². The number of rotatable bonds is 2. The predicted octanol–water partition coefficient (Wildman–Crippen LogP) is 1.77. The monoisotopic (exact) mass is 238 g/mol. The van der Waals surface area contributed by atoms with Gasteiger partial charge >= 0.3 is 0 Å². The quantitative estimate of drug-likeness (QED) is 0.772. The van der Waals surface area contributed by atoms with Crippen molar-refractivity contribution in [3.05, 3.63) is 24.0 Å². The van der Waals surface area contributed by atoms with E-state index in [1.807, 2.05) is 0 Å². The molecule has 1 saturated heterocycles. The van der Waals surface area contributed by atoms with Gasteiger partial charge in [0.25, 0.3) is 0 Å². The van der Waals surface area contributed by atoms with Crippen LogP contribution in [0.1, 0.15) is 12.8 Å². The standard InChI is InChI=1S/C12H15FN2O2/c13-9-3-4-10(14)11(6-9)15-12(16)8-2-1-5-17-7-8/h3-4,6,8H,1-2,5,7,14H2,(H,15,16). The Balaban J connectivity index is 2.04. The van der Waals surface area contributed by atoms with E-state index in [4.69, 9.17) is 10.5 Å². The molecule has 5 heteroatoms. The van der Waals surface area contributed by atoms with E-state index in [0.717, 1.165) is 12.8 Å². The summed E-state index contributed by atoms with van der Waals surface area (Å²) in [5.41, 5.74) is 6.33. The number of nitrogen functional groups attached to an aromatic ring is 1. The van der Waals surface area contributed by atoms with Crippen LogP contribution < -0.4 is 11.1 Å². The molecule has 1 unspecified atom stereocenters. The van der Waals surface area contributed by atoms with Crippen LogP contribution in [0.4, 0.5) is 15.8 Å². The van der Waals surface area contributed by atoms with Gasteiger partial charge in [0, 0.05) is 6.61 Å². The molecule has 0 saturated carbocycles. The highest BCUT2D eigenvalue weighted by Gasteiger charge is 2.22. The van der Waals surface area contributed by atoms with Crippen molar-refractivity contribution in [3.8, 4) is 0 Å². The average molecular weight is 238 g/mol. The molecule has 1 atom stereocenters. The topological polar surface area (TPSA) is 64.3 Å². The zero-order valence-corrected chi connectivity index (χ0v) is 9.41. The van der Waals surface area contributed by atoms with E-state index in [9.17, 15) is 9.18 Å². The summed E-state index contributed by atoms with van der Waals surface area (Å²) in [7, 11) is 0. The van der Waals surface area contributed by atoms with E-state index in [-0.39, 0.29) is 11.8 Å². The number of carbonyl (C=O) groups excluding carboxylic acids is 1. The molecule has 0 bridgehead atoms. The lowest BCUT2D eigenvalue weighted by Crippen LogP contribution is -2.30. The Morgan fingerprint density at radius 1 is 1.53 bits per heavy atom. The molecule has 1 aliphatic rings. The highest BCUT2D eigenvalue weighted by atomic mass is 19.1. The van der Waals surface area contributed by atoms with Crippen molar-refractivity contribution in [1.29, 1.82) is 0 Å². The Morgan fingerprint density at radius 2 is 2.35 bits per heavy atom. The molecule has 2 rings (SSSR count). The molecule has 1 heterocycles. The fourth-order valence-corrected chi connectivity index (χ4v) is 1.82. The summed E-state index contributed by atoms with van der Waals surface area (Å²) < 4.78 is 18.2. The molecular weight excluding hydrogens is 223 g/mol. The second-order valence-electron chi connectivity index (χ2n) is 4.13. The van der Waals surface area contributed by atoms with Crippen LogP contribution in [0.5, 0.6) is 0 Å². The number of anilines is 2.